The number of fused-ring (bicyclic) bond motifs is 2. The first-order chi connectivity index (χ1) is 18.6. The zero-order valence-electron chi connectivity index (χ0n) is 20.9. The molecular formula is C28H26FN9. The van der Waals surface area contributed by atoms with E-state index in [2.05, 4.69) is 41.1 Å². The summed E-state index contributed by atoms with van der Waals surface area (Å²) in [4.78, 5) is 23.9. The number of aryl methyl sites for hydroxylation is 1. The van der Waals surface area contributed by atoms with Crippen molar-refractivity contribution in [3.63, 3.8) is 0 Å². The van der Waals surface area contributed by atoms with Crippen molar-refractivity contribution >= 4 is 21.9 Å². The number of piperidine rings is 1. The predicted molar refractivity (Wildman–Crippen MR) is 143 cm³/mol. The van der Waals surface area contributed by atoms with E-state index < -0.39 is 5.82 Å². The minimum absolute atomic E-state index is 0.269. The third kappa shape index (κ3) is 4.03. The van der Waals surface area contributed by atoms with Crippen molar-refractivity contribution in [1.29, 1.82) is 0 Å². The van der Waals surface area contributed by atoms with Crippen LogP contribution < -0.4 is 0 Å². The summed E-state index contributed by atoms with van der Waals surface area (Å²) in [6.45, 7) is 5.00. The maximum atomic E-state index is 15.3. The smallest absolute Gasteiger partial charge is 0.166 e. The first-order valence-electron chi connectivity index (χ1n) is 12.8. The number of H-pyrrole nitrogens is 2. The Morgan fingerprint density at radius 1 is 1.00 bits per heavy atom. The van der Waals surface area contributed by atoms with Crippen molar-refractivity contribution in [3.05, 3.63) is 72.5 Å². The number of aromatic amines is 2. The van der Waals surface area contributed by atoms with Gasteiger partial charge in [-0.15, -0.1) is 0 Å². The molecule has 2 N–H and O–H groups in total. The number of pyridine rings is 2. The fraction of sp³-hybridized carbons (Fsp3) is 0.250. The molecule has 1 fully saturated rings. The molecule has 1 aliphatic heterocycles. The van der Waals surface area contributed by atoms with Crippen LogP contribution in [0.25, 0.3) is 50.4 Å². The topological polar surface area (TPSA) is 104 Å². The minimum Gasteiger partial charge on any atom is -0.336 e. The minimum atomic E-state index is -0.395. The molecule has 7 rings (SSSR count). The highest BCUT2D eigenvalue weighted by Crippen LogP contribution is 2.33. The standard InChI is InChI=1S/C28H26FN9/c1-17-14-38(16-32-17)28-26-23(5-6-31-28)33-27(34-26)25-21-10-19(11-22(29)24(21)35-36-25)20-9-18(12-30-13-20)15-37-7-3-2-4-8-37/h5-6,9-14,16H,2-4,7-8,15H2,1H3,(H,33,34)(H,35,36). The highest BCUT2D eigenvalue weighted by atomic mass is 19.1. The van der Waals surface area contributed by atoms with E-state index in [9.17, 15) is 0 Å². The van der Waals surface area contributed by atoms with Gasteiger partial charge in [-0.2, -0.15) is 5.10 Å². The van der Waals surface area contributed by atoms with Gasteiger partial charge in [0.1, 0.15) is 23.1 Å². The van der Waals surface area contributed by atoms with Crippen molar-refractivity contribution < 1.29 is 4.39 Å². The fourth-order valence-corrected chi connectivity index (χ4v) is 5.30. The Hall–Kier alpha value is -4.44. The fourth-order valence-electron chi connectivity index (χ4n) is 5.30. The number of hydrogen-bond donors (Lipinski definition) is 2. The van der Waals surface area contributed by atoms with Gasteiger partial charge in [0.2, 0.25) is 0 Å². The van der Waals surface area contributed by atoms with Gasteiger partial charge in [-0.3, -0.25) is 19.5 Å². The Labute approximate surface area is 217 Å². The largest absolute Gasteiger partial charge is 0.336 e. The summed E-state index contributed by atoms with van der Waals surface area (Å²) in [5, 5.41) is 7.91. The number of hydrogen-bond acceptors (Lipinski definition) is 6. The molecule has 1 aromatic carbocycles. The van der Waals surface area contributed by atoms with Gasteiger partial charge >= 0.3 is 0 Å². The zero-order valence-corrected chi connectivity index (χ0v) is 20.9. The maximum Gasteiger partial charge on any atom is 0.166 e. The van der Waals surface area contributed by atoms with Gasteiger partial charge in [-0.05, 0) is 68.2 Å². The van der Waals surface area contributed by atoms with E-state index >= 15 is 4.39 Å². The van der Waals surface area contributed by atoms with E-state index in [1.165, 1.54) is 25.3 Å². The van der Waals surface area contributed by atoms with E-state index in [-0.39, 0.29) is 5.52 Å². The molecule has 5 aromatic heterocycles. The lowest BCUT2D eigenvalue weighted by molar-refractivity contribution is 0.220. The average Bonchev–Trinajstić information content (AvgIpc) is 3.67. The summed E-state index contributed by atoms with van der Waals surface area (Å²) in [5.41, 5.74) is 6.02. The van der Waals surface area contributed by atoms with E-state index in [4.69, 9.17) is 4.98 Å². The van der Waals surface area contributed by atoms with Crippen LogP contribution in [0.5, 0.6) is 0 Å². The van der Waals surface area contributed by atoms with E-state index in [1.807, 2.05) is 36.0 Å². The molecule has 1 saturated heterocycles. The Balaban J connectivity index is 1.29. The molecule has 0 unspecified atom stereocenters. The summed E-state index contributed by atoms with van der Waals surface area (Å²) >= 11 is 0. The SMILES string of the molecule is Cc1cn(-c2nccc3[nH]c(-c4[nH]nc5c(F)cc(-c6cncc(CN7CCCCC7)c6)cc45)nc23)cn1. The van der Waals surface area contributed by atoms with Gasteiger partial charge in [0, 0.05) is 42.3 Å². The van der Waals surface area contributed by atoms with Crippen LogP contribution in [0.4, 0.5) is 4.39 Å². The molecule has 6 heterocycles. The van der Waals surface area contributed by atoms with Crippen LogP contribution in [-0.4, -0.2) is 57.7 Å². The van der Waals surface area contributed by atoms with Gasteiger partial charge in [0.15, 0.2) is 17.5 Å². The van der Waals surface area contributed by atoms with Crippen molar-refractivity contribution in [2.24, 2.45) is 0 Å². The number of imidazole rings is 2. The van der Waals surface area contributed by atoms with Crippen LogP contribution >= 0.6 is 0 Å². The monoisotopic (exact) mass is 507 g/mol. The molecule has 0 radical (unpaired) electrons. The zero-order chi connectivity index (χ0) is 25.6. The Kier molecular flexibility index (Phi) is 5.47. The Morgan fingerprint density at radius 2 is 1.89 bits per heavy atom. The molecule has 6 aromatic rings. The third-order valence-electron chi connectivity index (χ3n) is 7.17. The molecule has 38 heavy (non-hydrogen) atoms. The maximum absolute atomic E-state index is 15.3. The second kappa shape index (κ2) is 9.14. The lowest BCUT2D eigenvalue weighted by atomic mass is 10.0. The third-order valence-corrected chi connectivity index (χ3v) is 7.17. The van der Waals surface area contributed by atoms with Crippen molar-refractivity contribution in [2.45, 2.75) is 32.7 Å². The second-order valence-corrected chi connectivity index (χ2v) is 9.91. The van der Waals surface area contributed by atoms with Crippen molar-refractivity contribution in [3.8, 4) is 28.5 Å². The quantitative estimate of drug-likeness (QED) is 0.333. The molecule has 9 nitrogen and oxygen atoms in total. The molecule has 0 saturated carbocycles. The van der Waals surface area contributed by atoms with Crippen molar-refractivity contribution in [2.75, 3.05) is 13.1 Å². The first-order valence-corrected chi connectivity index (χ1v) is 12.8. The number of rotatable bonds is 5. The summed E-state index contributed by atoms with van der Waals surface area (Å²) < 4.78 is 17.1. The van der Waals surface area contributed by atoms with Crippen LogP contribution in [0.1, 0.15) is 30.5 Å². The number of aromatic nitrogens is 8. The van der Waals surface area contributed by atoms with E-state index in [1.54, 1.807) is 18.7 Å². The normalized spacial score (nSPS) is 14.6. The number of nitrogens with one attached hydrogen (secondary N) is 2. The molecule has 0 atom stereocenters. The van der Waals surface area contributed by atoms with Gasteiger partial charge in [0.25, 0.3) is 0 Å². The van der Waals surface area contributed by atoms with Crippen LogP contribution in [0.3, 0.4) is 0 Å². The molecule has 0 bridgehead atoms. The van der Waals surface area contributed by atoms with Crippen LogP contribution in [0.2, 0.25) is 0 Å². The number of nitrogens with zero attached hydrogens (tertiary/aromatic N) is 7. The highest BCUT2D eigenvalue weighted by molar-refractivity contribution is 5.96. The number of likely N-dealkylation sites (tertiary alicyclic amines) is 1. The van der Waals surface area contributed by atoms with E-state index in [0.29, 0.717) is 28.2 Å². The molecule has 1 aliphatic rings. The first kappa shape index (κ1) is 22.7. The highest BCUT2D eigenvalue weighted by Gasteiger charge is 2.19. The van der Waals surface area contributed by atoms with Gasteiger partial charge in [-0.1, -0.05) is 6.42 Å². The van der Waals surface area contributed by atoms with E-state index in [0.717, 1.165) is 47.5 Å². The Bertz CT molecular complexity index is 1770. The predicted octanol–water partition coefficient (Wildman–Crippen LogP) is 5.18. The number of halogens is 1. The second-order valence-electron chi connectivity index (χ2n) is 9.91. The summed E-state index contributed by atoms with van der Waals surface area (Å²) in [5.74, 6) is 0.828. The molecule has 190 valence electrons. The Morgan fingerprint density at radius 3 is 2.74 bits per heavy atom. The lowest BCUT2D eigenvalue weighted by Gasteiger charge is -2.26. The van der Waals surface area contributed by atoms with Crippen LogP contribution in [0, 0.1) is 12.7 Å². The molecule has 10 heteroatoms. The van der Waals surface area contributed by atoms with Crippen molar-refractivity contribution in [1.82, 2.24) is 44.6 Å². The molecule has 0 amide bonds. The summed E-state index contributed by atoms with van der Waals surface area (Å²) in [6.07, 6.45) is 12.8. The van der Waals surface area contributed by atoms with Crippen LogP contribution in [-0.2, 0) is 6.54 Å². The summed E-state index contributed by atoms with van der Waals surface area (Å²) in [6, 6.07) is 7.44. The van der Waals surface area contributed by atoms with Gasteiger partial charge in [0.05, 0.1) is 11.2 Å². The van der Waals surface area contributed by atoms with Crippen LogP contribution in [0.15, 0.2) is 55.4 Å². The number of benzene rings is 1. The lowest BCUT2D eigenvalue weighted by Crippen LogP contribution is -2.29. The van der Waals surface area contributed by atoms with Gasteiger partial charge < -0.3 is 4.98 Å². The molecular weight excluding hydrogens is 481 g/mol. The summed E-state index contributed by atoms with van der Waals surface area (Å²) in [7, 11) is 0. The molecule has 0 aliphatic carbocycles. The average molecular weight is 508 g/mol. The molecule has 0 spiro atoms. The van der Waals surface area contributed by atoms with Gasteiger partial charge in [-0.25, -0.2) is 19.3 Å².